The molecule has 2 aromatic heterocycles. The van der Waals surface area contributed by atoms with Crippen molar-refractivity contribution in [2.24, 2.45) is 0 Å². The first-order valence-electron chi connectivity index (χ1n) is 10.0. The minimum absolute atomic E-state index is 0.316. The van der Waals surface area contributed by atoms with Crippen molar-refractivity contribution in [3.05, 3.63) is 94.3 Å². The molecule has 4 aromatic rings. The van der Waals surface area contributed by atoms with Gasteiger partial charge >= 0.3 is 0 Å². The summed E-state index contributed by atoms with van der Waals surface area (Å²) in [6, 6.07) is 17.1. The number of anilines is 1. The van der Waals surface area contributed by atoms with Crippen LogP contribution in [0.4, 0.5) is 5.95 Å². The number of pyridine rings is 1. The van der Waals surface area contributed by atoms with Gasteiger partial charge in [0.2, 0.25) is 5.95 Å². The molecule has 1 N–H and O–H groups in total. The number of ether oxygens (including phenoxy) is 2. The summed E-state index contributed by atoms with van der Waals surface area (Å²) in [6.45, 7) is 0. The molecule has 0 saturated heterocycles. The van der Waals surface area contributed by atoms with Crippen molar-refractivity contribution in [1.82, 2.24) is 25.2 Å². The van der Waals surface area contributed by atoms with Gasteiger partial charge in [0, 0.05) is 28.6 Å². The Kier molecular flexibility index (Phi) is 4.32. The van der Waals surface area contributed by atoms with E-state index >= 15 is 0 Å². The van der Waals surface area contributed by atoms with E-state index in [2.05, 4.69) is 25.8 Å². The van der Waals surface area contributed by atoms with Crippen molar-refractivity contribution < 1.29 is 9.47 Å². The van der Waals surface area contributed by atoms with Crippen LogP contribution < -0.4 is 14.8 Å². The summed E-state index contributed by atoms with van der Waals surface area (Å²) in [6.07, 6.45) is 3.18. The normalized spacial score (nSPS) is 18.7. The Morgan fingerprint density at radius 1 is 1.09 bits per heavy atom. The number of benzene rings is 2. The van der Waals surface area contributed by atoms with Gasteiger partial charge in [0.1, 0.15) is 23.6 Å². The maximum atomic E-state index is 6.56. The number of nitrogens with zero attached hydrogens (tertiary/aromatic N) is 5. The molecule has 2 aliphatic heterocycles. The Morgan fingerprint density at radius 3 is 2.75 bits per heavy atom. The first kappa shape index (κ1) is 18.8. The van der Waals surface area contributed by atoms with Crippen LogP contribution in [-0.2, 0) is 0 Å². The first-order chi connectivity index (χ1) is 15.7. The van der Waals surface area contributed by atoms with Crippen molar-refractivity contribution in [2.75, 3.05) is 12.4 Å². The number of nitrogens with one attached hydrogen (secondary N) is 1. The van der Waals surface area contributed by atoms with Gasteiger partial charge in [-0.05, 0) is 58.0 Å². The number of hydrogen-bond donors (Lipinski definition) is 1. The molecule has 4 heterocycles. The number of hydrogen-bond acceptors (Lipinski definition) is 7. The van der Waals surface area contributed by atoms with Gasteiger partial charge in [0.25, 0.3) is 0 Å². The quantitative estimate of drug-likeness (QED) is 0.504. The van der Waals surface area contributed by atoms with Crippen LogP contribution in [-0.4, -0.2) is 32.3 Å². The lowest BCUT2D eigenvalue weighted by Crippen LogP contribution is -2.32. The molecule has 0 saturated carbocycles. The Balaban J connectivity index is 1.61. The number of methoxy groups -OCH3 is 1. The summed E-state index contributed by atoms with van der Waals surface area (Å²) in [7, 11) is 1.65. The predicted octanol–water partition coefficient (Wildman–Crippen LogP) is 4.29. The first-order valence-corrected chi connectivity index (χ1v) is 10.4. The summed E-state index contributed by atoms with van der Waals surface area (Å²) >= 11 is 6.35. The van der Waals surface area contributed by atoms with Crippen molar-refractivity contribution in [3.8, 4) is 11.5 Å². The highest BCUT2D eigenvalue weighted by atomic mass is 35.5. The van der Waals surface area contributed by atoms with Crippen molar-refractivity contribution >= 4 is 23.2 Å². The lowest BCUT2D eigenvalue weighted by Gasteiger charge is -2.38. The third kappa shape index (κ3) is 2.91. The van der Waals surface area contributed by atoms with Crippen molar-refractivity contribution in [3.63, 3.8) is 0 Å². The van der Waals surface area contributed by atoms with Crippen LogP contribution in [0.15, 0.2) is 72.6 Å². The van der Waals surface area contributed by atoms with Crippen LogP contribution in [0.5, 0.6) is 11.5 Å². The van der Waals surface area contributed by atoms with Gasteiger partial charge in [0.05, 0.1) is 12.8 Å². The highest BCUT2D eigenvalue weighted by molar-refractivity contribution is 6.30. The van der Waals surface area contributed by atoms with E-state index in [1.807, 2.05) is 60.8 Å². The van der Waals surface area contributed by atoms with Gasteiger partial charge in [0.15, 0.2) is 0 Å². The fourth-order valence-electron chi connectivity index (χ4n) is 4.28. The Morgan fingerprint density at radius 2 is 1.97 bits per heavy atom. The lowest BCUT2D eigenvalue weighted by atomic mass is 9.85. The SMILES string of the molecule is COc1ccc([C@H]2Oc3ccc(Cl)cc3C3=C2[C@@H](c2cccnc2)n2nnnc2N3)cc1. The second-order valence-electron chi connectivity index (χ2n) is 7.50. The summed E-state index contributed by atoms with van der Waals surface area (Å²) in [5.41, 5.74) is 4.64. The second kappa shape index (κ2) is 7.35. The third-order valence-corrected chi connectivity index (χ3v) is 5.95. The molecule has 2 aromatic carbocycles. The molecule has 0 radical (unpaired) electrons. The van der Waals surface area contributed by atoms with Crippen LogP contribution in [0.25, 0.3) is 5.70 Å². The molecule has 0 spiro atoms. The molecule has 0 amide bonds. The monoisotopic (exact) mass is 444 g/mol. The van der Waals surface area contributed by atoms with Gasteiger partial charge < -0.3 is 14.8 Å². The molecule has 0 fully saturated rings. The molecule has 6 rings (SSSR count). The average Bonchev–Trinajstić information content (AvgIpc) is 3.31. The van der Waals surface area contributed by atoms with Crippen LogP contribution in [0.2, 0.25) is 5.02 Å². The zero-order valence-corrected chi connectivity index (χ0v) is 17.7. The van der Waals surface area contributed by atoms with Crippen LogP contribution in [0.3, 0.4) is 0 Å². The molecular weight excluding hydrogens is 428 g/mol. The van der Waals surface area contributed by atoms with E-state index in [4.69, 9.17) is 21.1 Å². The molecule has 32 heavy (non-hydrogen) atoms. The maximum absolute atomic E-state index is 6.56. The van der Waals surface area contributed by atoms with Gasteiger partial charge in [-0.3, -0.25) is 4.98 Å². The standard InChI is InChI=1S/C23H17ClN6O2/c1-31-16-7-4-13(5-8-16)22-19-20(17-11-15(24)6-9-18(17)32-22)26-23-27-28-29-30(23)21(19)14-3-2-10-25-12-14/h2-12,21-22H,1H3,(H,26,27,29)/t21-,22-/m1/s1. The van der Waals surface area contributed by atoms with Gasteiger partial charge in [-0.1, -0.05) is 34.9 Å². The molecule has 0 aliphatic carbocycles. The summed E-state index contributed by atoms with van der Waals surface area (Å²) < 4.78 is 13.7. The highest BCUT2D eigenvalue weighted by Gasteiger charge is 2.41. The molecule has 2 aliphatic rings. The molecule has 158 valence electrons. The van der Waals surface area contributed by atoms with E-state index in [1.165, 1.54) is 0 Å². The highest BCUT2D eigenvalue weighted by Crippen LogP contribution is 2.50. The molecule has 2 atom stereocenters. The van der Waals surface area contributed by atoms with Gasteiger partial charge in [-0.15, -0.1) is 0 Å². The van der Waals surface area contributed by atoms with Gasteiger partial charge in [-0.25, -0.2) is 0 Å². The number of rotatable bonds is 3. The lowest BCUT2D eigenvalue weighted by molar-refractivity contribution is 0.222. The number of aromatic nitrogens is 5. The second-order valence-corrected chi connectivity index (χ2v) is 7.94. The summed E-state index contributed by atoms with van der Waals surface area (Å²) in [5, 5.41) is 16.4. The van der Waals surface area contributed by atoms with Crippen LogP contribution >= 0.6 is 11.6 Å². The zero-order chi connectivity index (χ0) is 21.7. The van der Waals surface area contributed by atoms with Crippen molar-refractivity contribution in [1.29, 1.82) is 0 Å². The zero-order valence-electron chi connectivity index (χ0n) is 16.9. The molecule has 8 nitrogen and oxygen atoms in total. The molecule has 0 bridgehead atoms. The van der Waals surface area contributed by atoms with Gasteiger partial charge in [-0.2, -0.15) is 4.68 Å². The molecule has 9 heteroatoms. The van der Waals surface area contributed by atoms with E-state index < -0.39 is 0 Å². The summed E-state index contributed by atoms with van der Waals surface area (Å²) in [4.78, 5) is 4.33. The number of tetrazole rings is 1. The van der Waals surface area contributed by atoms with E-state index in [1.54, 1.807) is 18.0 Å². The van der Waals surface area contributed by atoms with E-state index in [-0.39, 0.29) is 12.1 Å². The minimum atomic E-state index is -0.389. The Bertz CT molecular complexity index is 1340. The maximum Gasteiger partial charge on any atom is 0.248 e. The fourth-order valence-corrected chi connectivity index (χ4v) is 4.45. The van der Waals surface area contributed by atoms with Crippen LogP contribution in [0, 0.1) is 0 Å². The Labute approximate surface area is 188 Å². The topological polar surface area (TPSA) is 87.0 Å². The third-order valence-electron chi connectivity index (χ3n) is 5.71. The van der Waals surface area contributed by atoms with E-state index in [0.29, 0.717) is 11.0 Å². The Hall–Kier alpha value is -3.91. The molecular formula is C23H17ClN6O2. The fraction of sp³-hybridized carbons (Fsp3) is 0.130. The minimum Gasteiger partial charge on any atom is -0.497 e. The van der Waals surface area contributed by atoms with Crippen LogP contribution in [0.1, 0.15) is 28.8 Å². The summed E-state index contributed by atoms with van der Waals surface area (Å²) in [5.74, 6) is 2.05. The van der Waals surface area contributed by atoms with Crippen molar-refractivity contribution in [2.45, 2.75) is 12.1 Å². The van der Waals surface area contributed by atoms with E-state index in [9.17, 15) is 0 Å². The number of halogens is 1. The molecule has 0 unspecified atom stereocenters. The van der Waals surface area contributed by atoms with E-state index in [0.717, 1.165) is 39.5 Å². The largest absolute Gasteiger partial charge is 0.497 e. The average molecular weight is 445 g/mol. The smallest absolute Gasteiger partial charge is 0.248 e. The number of fused-ring (bicyclic) bond motifs is 3. The predicted molar refractivity (Wildman–Crippen MR) is 119 cm³/mol.